The summed E-state index contributed by atoms with van der Waals surface area (Å²) >= 11 is 0. The lowest BCUT2D eigenvalue weighted by Crippen LogP contribution is -2.44. The van der Waals surface area contributed by atoms with Gasteiger partial charge in [-0.1, -0.05) is 6.07 Å². The molecule has 1 fully saturated rings. The lowest BCUT2D eigenvalue weighted by Gasteiger charge is -2.34. The van der Waals surface area contributed by atoms with Gasteiger partial charge in [0, 0.05) is 38.2 Å². The monoisotopic (exact) mass is 283 g/mol. The molecule has 1 amide bonds. The van der Waals surface area contributed by atoms with Crippen LogP contribution in [0.4, 0.5) is 14.5 Å². The molecule has 110 valence electrons. The Morgan fingerprint density at radius 1 is 1.35 bits per heavy atom. The first-order valence-corrected chi connectivity index (χ1v) is 6.72. The van der Waals surface area contributed by atoms with Crippen LogP contribution in [0.1, 0.15) is 25.3 Å². The minimum atomic E-state index is -0.867. The predicted molar refractivity (Wildman–Crippen MR) is 73.3 cm³/mol. The van der Waals surface area contributed by atoms with Gasteiger partial charge in [-0.2, -0.15) is 0 Å². The molecule has 2 rings (SSSR count). The standard InChI is InChI=1S/C14H19F2N3O/c1-9(20)18-11-4-6-19(7-5-11)12-3-2-10(8-17)13(15)14(12)16/h2-3,11H,4-8,17H2,1H3,(H,18,20). The minimum Gasteiger partial charge on any atom is -0.369 e. The molecule has 4 nitrogen and oxygen atoms in total. The highest BCUT2D eigenvalue weighted by Gasteiger charge is 2.23. The third-order valence-corrected chi connectivity index (χ3v) is 3.60. The maximum Gasteiger partial charge on any atom is 0.217 e. The lowest BCUT2D eigenvalue weighted by molar-refractivity contribution is -0.119. The molecule has 0 aliphatic carbocycles. The van der Waals surface area contributed by atoms with Crippen LogP contribution in [-0.2, 0) is 11.3 Å². The molecular weight excluding hydrogens is 264 g/mol. The molecule has 1 aromatic carbocycles. The quantitative estimate of drug-likeness (QED) is 0.884. The van der Waals surface area contributed by atoms with Gasteiger partial charge in [0.2, 0.25) is 5.91 Å². The Labute approximate surface area is 116 Å². The zero-order valence-corrected chi connectivity index (χ0v) is 11.5. The molecule has 20 heavy (non-hydrogen) atoms. The van der Waals surface area contributed by atoms with Gasteiger partial charge >= 0.3 is 0 Å². The smallest absolute Gasteiger partial charge is 0.217 e. The number of nitrogens with one attached hydrogen (secondary N) is 1. The first kappa shape index (κ1) is 14.7. The summed E-state index contributed by atoms with van der Waals surface area (Å²) in [5.41, 5.74) is 5.80. The van der Waals surface area contributed by atoms with Crippen molar-refractivity contribution in [1.29, 1.82) is 0 Å². The number of nitrogens with zero attached hydrogens (tertiary/aromatic N) is 1. The Hall–Kier alpha value is -1.69. The summed E-state index contributed by atoms with van der Waals surface area (Å²) < 4.78 is 27.7. The number of carbonyl (C=O) groups excluding carboxylic acids is 1. The van der Waals surface area contributed by atoms with E-state index in [0.717, 1.165) is 12.8 Å². The molecule has 0 aromatic heterocycles. The highest BCUT2D eigenvalue weighted by atomic mass is 19.2. The summed E-state index contributed by atoms with van der Waals surface area (Å²) in [7, 11) is 0. The molecule has 3 N–H and O–H groups in total. The van der Waals surface area contributed by atoms with Gasteiger partial charge in [-0.25, -0.2) is 8.78 Å². The number of carbonyl (C=O) groups is 1. The van der Waals surface area contributed by atoms with Gasteiger partial charge in [-0.15, -0.1) is 0 Å². The van der Waals surface area contributed by atoms with Gasteiger partial charge in [-0.05, 0) is 18.9 Å². The first-order valence-electron chi connectivity index (χ1n) is 6.72. The fourth-order valence-electron chi connectivity index (χ4n) is 2.53. The van der Waals surface area contributed by atoms with Crippen molar-refractivity contribution in [2.45, 2.75) is 32.4 Å². The third kappa shape index (κ3) is 3.07. The second kappa shape index (κ2) is 6.17. The normalized spacial score (nSPS) is 16.3. The van der Waals surface area contributed by atoms with Crippen LogP contribution < -0.4 is 16.0 Å². The summed E-state index contributed by atoms with van der Waals surface area (Å²) in [6.45, 7) is 2.63. The van der Waals surface area contributed by atoms with Crippen molar-refractivity contribution in [3.63, 3.8) is 0 Å². The van der Waals surface area contributed by atoms with E-state index in [-0.39, 0.29) is 29.7 Å². The summed E-state index contributed by atoms with van der Waals surface area (Å²) in [5.74, 6) is -1.77. The molecule has 1 heterocycles. The second-order valence-electron chi connectivity index (χ2n) is 5.04. The second-order valence-corrected chi connectivity index (χ2v) is 5.04. The van der Waals surface area contributed by atoms with Crippen LogP contribution in [0, 0.1) is 11.6 Å². The molecule has 0 unspecified atom stereocenters. The molecule has 0 bridgehead atoms. The maximum absolute atomic E-state index is 14.0. The van der Waals surface area contributed by atoms with Crippen LogP contribution in [0.5, 0.6) is 0 Å². The van der Waals surface area contributed by atoms with Gasteiger partial charge in [0.1, 0.15) is 0 Å². The maximum atomic E-state index is 14.0. The summed E-state index contributed by atoms with van der Waals surface area (Å²) in [6.07, 6.45) is 1.44. The van der Waals surface area contributed by atoms with Crippen LogP contribution in [0.25, 0.3) is 0 Å². The van der Waals surface area contributed by atoms with Crippen molar-refractivity contribution in [3.8, 4) is 0 Å². The molecule has 0 atom stereocenters. The third-order valence-electron chi connectivity index (χ3n) is 3.60. The van der Waals surface area contributed by atoms with Crippen molar-refractivity contribution in [3.05, 3.63) is 29.3 Å². The van der Waals surface area contributed by atoms with Gasteiger partial charge in [0.15, 0.2) is 11.6 Å². The lowest BCUT2D eigenvalue weighted by atomic mass is 10.0. The van der Waals surface area contributed by atoms with Crippen LogP contribution >= 0.6 is 0 Å². The largest absolute Gasteiger partial charge is 0.369 e. The first-order chi connectivity index (χ1) is 9.52. The molecular formula is C14H19F2N3O. The van der Waals surface area contributed by atoms with Gasteiger partial charge in [0.25, 0.3) is 0 Å². The predicted octanol–water partition coefficient (Wildman–Crippen LogP) is 1.53. The summed E-state index contributed by atoms with van der Waals surface area (Å²) in [6, 6.07) is 3.20. The Morgan fingerprint density at radius 2 is 2.00 bits per heavy atom. The minimum absolute atomic E-state index is 0.0202. The SMILES string of the molecule is CC(=O)NC1CCN(c2ccc(CN)c(F)c2F)CC1. The van der Waals surface area contributed by atoms with E-state index in [0.29, 0.717) is 13.1 Å². The number of piperidine rings is 1. The average molecular weight is 283 g/mol. The molecule has 1 saturated heterocycles. The van der Waals surface area contributed by atoms with E-state index in [9.17, 15) is 13.6 Å². The number of hydrogen-bond acceptors (Lipinski definition) is 3. The fraction of sp³-hybridized carbons (Fsp3) is 0.500. The topological polar surface area (TPSA) is 58.4 Å². The molecule has 0 spiro atoms. The number of benzene rings is 1. The van der Waals surface area contributed by atoms with Crippen LogP contribution in [0.3, 0.4) is 0 Å². The van der Waals surface area contributed by atoms with Gasteiger partial charge in [0.05, 0.1) is 5.69 Å². The molecule has 1 aromatic rings. The Kier molecular flexibility index (Phi) is 4.54. The molecule has 0 saturated carbocycles. The molecule has 0 radical (unpaired) electrons. The van der Waals surface area contributed by atoms with Crippen LogP contribution in [-0.4, -0.2) is 25.0 Å². The van der Waals surface area contributed by atoms with E-state index in [1.54, 1.807) is 11.0 Å². The number of amides is 1. The van der Waals surface area contributed by atoms with E-state index < -0.39 is 11.6 Å². The van der Waals surface area contributed by atoms with Gasteiger partial charge < -0.3 is 16.0 Å². The van der Waals surface area contributed by atoms with Crippen molar-refractivity contribution in [2.24, 2.45) is 5.73 Å². The number of rotatable bonds is 3. The Morgan fingerprint density at radius 3 is 2.55 bits per heavy atom. The van der Waals surface area contributed by atoms with Crippen LogP contribution in [0.15, 0.2) is 12.1 Å². The van der Waals surface area contributed by atoms with Crippen molar-refractivity contribution in [2.75, 3.05) is 18.0 Å². The number of anilines is 1. The molecule has 1 aliphatic heterocycles. The highest BCUT2D eigenvalue weighted by molar-refractivity contribution is 5.73. The number of hydrogen-bond donors (Lipinski definition) is 2. The zero-order valence-electron chi connectivity index (χ0n) is 11.5. The van der Waals surface area contributed by atoms with E-state index in [1.807, 2.05) is 0 Å². The molecule has 6 heteroatoms. The Balaban J connectivity index is 2.07. The molecule has 1 aliphatic rings. The van der Waals surface area contributed by atoms with E-state index in [2.05, 4.69) is 5.32 Å². The fourth-order valence-corrected chi connectivity index (χ4v) is 2.53. The van der Waals surface area contributed by atoms with Crippen LogP contribution in [0.2, 0.25) is 0 Å². The van der Waals surface area contributed by atoms with Crippen molar-refractivity contribution >= 4 is 11.6 Å². The van der Waals surface area contributed by atoms with E-state index in [4.69, 9.17) is 5.73 Å². The van der Waals surface area contributed by atoms with E-state index in [1.165, 1.54) is 13.0 Å². The zero-order chi connectivity index (χ0) is 14.7. The highest BCUT2D eigenvalue weighted by Crippen LogP contribution is 2.26. The summed E-state index contributed by atoms with van der Waals surface area (Å²) in [4.78, 5) is 12.8. The number of nitrogens with two attached hydrogens (primary N) is 1. The van der Waals surface area contributed by atoms with Gasteiger partial charge in [-0.3, -0.25) is 4.79 Å². The average Bonchev–Trinajstić information content (AvgIpc) is 2.42. The summed E-state index contributed by atoms with van der Waals surface area (Å²) in [5, 5.41) is 2.85. The van der Waals surface area contributed by atoms with Crippen molar-refractivity contribution in [1.82, 2.24) is 5.32 Å². The Bertz CT molecular complexity index is 499. The van der Waals surface area contributed by atoms with Crippen molar-refractivity contribution < 1.29 is 13.6 Å². The number of halogens is 2. The van der Waals surface area contributed by atoms with E-state index >= 15 is 0 Å².